The highest BCUT2D eigenvalue weighted by atomic mass is 32.2. The summed E-state index contributed by atoms with van der Waals surface area (Å²) >= 11 is 0. The highest BCUT2D eigenvalue weighted by Crippen LogP contribution is 2.25. The van der Waals surface area contributed by atoms with Crippen LogP contribution in [0.2, 0.25) is 0 Å². The Morgan fingerprint density at radius 3 is 2.07 bits per heavy atom. The van der Waals surface area contributed by atoms with Crippen LogP contribution in [0.5, 0.6) is 0 Å². The summed E-state index contributed by atoms with van der Waals surface area (Å²) < 4.78 is 23.5. The molecule has 7 nitrogen and oxygen atoms in total. The van der Waals surface area contributed by atoms with E-state index in [9.17, 15) is 18.0 Å². The molecule has 2 atom stereocenters. The molecule has 218 valence electrons. The lowest BCUT2D eigenvalue weighted by Gasteiger charge is -2.41. The number of hydrogen-bond acceptors (Lipinski definition) is 5. The van der Waals surface area contributed by atoms with Crippen molar-refractivity contribution in [3.63, 3.8) is 0 Å². The van der Waals surface area contributed by atoms with Crippen LogP contribution in [0.15, 0.2) is 89.8 Å². The molecule has 3 aromatic rings. The molecule has 1 saturated heterocycles. The standard InChI is InChI=1S/C33H41N3O4S/c1-4-36(32(37)24-26-15-17-30(18-16-26)41(3,39)40)29-19-21-35(22-20-29)25(2)23-31(27-11-7-5-8-12-27)34-33(38)28-13-9-6-10-14-28/h5-18,25,29,31H,4,19-24H2,1-3H3,(H,34,38)/t25?,31-/m0/s1. The molecule has 1 unspecified atom stereocenters. The minimum absolute atomic E-state index is 0.0684. The number of sulfone groups is 1. The molecule has 41 heavy (non-hydrogen) atoms. The van der Waals surface area contributed by atoms with Crippen molar-refractivity contribution in [2.24, 2.45) is 0 Å². The number of nitrogens with zero attached hydrogens (tertiary/aromatic N) is 2. The zero-order valence-corrected chi connectivity index (χ0v) is 25.0. The van der Waals surface area contributed by atoms with E-state index in [1.165, 1.54) is 6.26 Å². The van der Waals surface area contributed by atoms with Gasteiger partial charge in [-0.2, -0.15) is 0 Å². The number of likely N-dealkylation sites (tertiary alicyclic amines) is 1. The van der Waals surface area contributed by atoms with Crippen LogP contribution in [0.1, 0.15) is 60.6 Å². The van der Waals surface area contributed by atoms with E-state index in [1.807, 2.05) is 60.4 Å². The number of carbonyl (C=O) groups is 2. The fraction of sp³-hybridized carbons (Fsp3) is 0.394. The second-order valence-corrected chi connectivity index (χ2v) is 12.9. The van der Waals surface area contributed by atoms with Crippen molar-refractivity contribution in [1.82, 2.24) is 15.1 Å². The summed E-state index contributed by atoms with van der Waals surface area (Å²) in [6, 6.07) is 26.3. The van der Waals surface area contributed by atoms with Crippen molar-refractivity contribution < 1.29 is 18.0 Å². The van der Waals surface area contributed by atoms with Crippen molar-refractivity contribution in [1.29, 1.82) is 0 Å². The van der Waals surface area contributed by atoms with Gasteiger partial charge in [-0.25, -0.2) is 8.42 Å². The Morgan fingerprint density at radius 2 is 1.51 bits per heavy atom. The van der Waals surface area contributed by atoms with Gasteiger partial charge in [0, 0.05) is 43.5 Å². The number of benzene rings is 3. The Morgan fingerprint density at radius 1 is 0.927 bits per heavy atom. The maximum absolute atomic E-state index is 13.2. The van der Waals surface area contributed by atoms with Gasteiger partial charge >= 0.3 is 0 Å². The second kappa shape index (κ2) is 13.9. The molecule has 1 aliphatic heterocycles. The molecule has 0 bridgehead atoms. The van der Waals surface area contributed by atoms with Crippen molar-refractivity contribution in [2.45, 2.75) is 62.6 Å². The van der Waals surface area contributed by atoms with E-state index >= 15 is 0 Å². The lowest BCUT2D eigenvalue weighted by atomic mass is 9.95. The van der Waals surface area contributed by atoms with Gasteiger partial charge in [-0.3, -0.25) is 9.59 Å². The first kappa shape index (κ1) is 30.5. The van der Waals surface area contributed by atoms with E-state index in [4.69, 9.17) is 0 Å². The topological polar surface area (TPSA) is 86.8 Å². The largest absolute Gasteiger partial charge is 0.345 e. The number of carbonyl (C=O) groups excluding carboxylic acids is 2. The summed E-state index contributed by atoms with van der Waals surface area (Å²) in [5, 5.41) is 3.25. The number of nitrogens with one attached hydrogen (secondary N) is 1. The predicted molar refractivity (Wildman–Crippen MR) is 162 cm³/mol. The normalized spacial score (nSPS) is 16.1. The average Bonchev–Trinajstić information content (AvgIpc) is 2.98. The van der Waals surface area contributed by atoms with E-state index < -0.39 is 9.84 Å². The van der Waals surface area contributed by atoms with E-state index in [1.54, 1.807) is 24.3 Å². The molecule has 0 aromatic heterocycles. The summed E-state index contributed by atoms with van der Waals surface area (Å²) in [6.07, 6.45) is 4.01. The highest BCUT2D eigenvalue weighted by Gasteiger charge is 2.30. The van der Waals surface area contributed by atoms with E-state index in [-0.39, 0.29) is 41.3 Å². The predicted octanol–water partition coefficient (Wildman–Crippen LogP) is 4.90. The lowest BCUT2D eigenvalue weighted by Crippen LogP contribution is -2.50. The molecule has 0 saturated carbocycles. The quantitative estimate of drug-likeness (QED) is 0.352. The van der Waals surface area contributed by atoms with Crippen LogP contribution < -0.4 is 5.32 Å². The summed E-state index contributed by atoms with van der Waals surface area (Å²) in [6.45, 7) is 6.63. The fourth-order valence-electron chi connectivity index (χ4n) is 5.69. The zero-order chi connectivity index (χ0) is 29.4. The molecule has 1 heterocycles. The second-order valence-electron chi connectivity index (χ2n) is 10.9. The van der Waals surface area contributed by atoms with Crippen LogP contribution in [-0.2, 0) is 21.1 Å². The van der Waals surface area contributed by atoms with Crippen molar-refractivity contribution in [3.8, 4) is 0 Å². The average molecular weight is 576 g/mol. The monoisotopic (exact) mass is 575 g/mol. The van der Waals surface area contributed by atoms with Crippen molar-refractivity contribution in [2.75, 3.05) is 25.9 Å². The first-order valence-corrected chi connectivity index (χ1v) is 16.3. The molecule has 1 N–H and O–H groups in total. The van der Waals surface area contributed by atoms with E-state index in [0.717, 1.165) is 43.5 Å². The van der Waals surface area contributed by atoms with Crippen molar-refractivity contribution >= 4 is 21.7 Å². The van der Waals surface area contributed by atoms with E-state index in [2.05, 4.69) is 29.3 Å². The molecule has 1 aliphatic rings. The maximum Gasteiger partial charge on any atom is 0.251 e. The minimum Gasteiger partial charge on any atom is -0.345 e. The van der Waals surface area contributed by atoms with Crippen LogP contribution >= 0.6 is 0 Å². The lowest BCUT2D eigenvalue weighted by molar-refractivity contribution is -0.133. The summed E-state index contributed by atoms with van der Waals surface area (Å²) in [4.78, 5) is 30.9. The van der Waals surface area contributed by atoms with Gasteiger partial charge in [-0.1, -0.05) is 60.7 Å². The molecule has 0 aliphatic carbocycles. The Hall–Kier alpha value is -3.49. The zero-order valence-electron chi connectivity index (χ0n) is 24.2. The Balaban J connectivity index is 1.34. The first-order chi connectivity index (χ1) is 19.7. The molecule has 3 aromatic carbocycles. The molecule has 2 amide bonds. The molecular formula is C33H41N3O4S. The third kappa shape index (κ3) is 8.27. The van der Waals surface area contributed by atoms with Crippen molar-refractivity contribution in [3.05, 3.63) is 102 Å². The van der Waals surface area contributed by atoms with Gasteiger partial charge in [0.1, 0.15) is 0 Å². The van der Waals surface area contributed by atoms with Gasteiger partial charge < -0.3 is 15.1 Å². The van der Waals surface area contributed by atoms with Crippen LogP contribution in [0, 0.1) is 0 Å². The van der Waals surface area contributed by atoms with Gasteiger partial charge in [0.15, 0.2) is 9.84 Å². The fourth-order valence-corrected chi connectivity index (χ4v) is 6.32. The third-order valence-electron chi connectivity index (χ3n) is 8.05. The number of piperidine rings is 1. The van der Waals surface area contributed by atoms with Crippen LogP contribution in [-0.4, -0.2) is 68.0 Å². The van der Waals surface area contributed by atoms with E-state index in [0.29, 0.717) is 12.1 Å². The molecule has 1 fully saturated rings. The maximum atomic E-state index is 13.2. The third-order valence-corrected chi connectivity index (χ3v) is 9.18. The summed E-state index contributed by atoms with van der Waals surface area (Å²) in [5.74, 6) is -0.00714. The number of amides is 2. The first-order valence-electron chi connectivity index (χ1n) is 14.4. The highest BCUT2D eigenvalue weighted by molar-refractivity contribution is 7.90. The molecule has 0 radical (unpaired) electrons. The van der Waals surface area contributed by atoms with Crippen LogP contribution in [0.25, 0.3) is 0 Å². The SMILES string of the molecule is CCN(C(=O)Cc1ccc(S(C)(=O)=O)cc1)C1CCN(C(C)C[C@H](NC(=O)c2ccccc2)c2ccccc2)CC1. The number of hydrogen-bond donors (Lipinski definition) is 1. The van der Waals surface area contributed by atoms with Crippen LogP contribution in [0.4, 0.5) is 0 Å². The number of rotatable bonds is 11. The Bertz CT molecular complexity index is 1390. The molecular weight excluding hydrogens is 534 g/mol. The molecule has 8 heteroatoms. The van der Waals surface area contributed by atoms with Crippen LogP contribution in [0.3, 0.4) is 0 Å². The smallest absolute Gasteiger partial charge is 0.251 e. The Labute approximate surface area is 244 Å². The summed E-state index contributed by atoms with van der Waals surface area (Å²) in [5.41, 5.74) is 2.56. The number of likely N-dealkylation sites (N-methyl/N-ethyl adjacent to an activating group) is 1. The van der Waals surface area contributed by atoms with Gasteiger partial charge in [0.25, 0.3) is 5.91 Å². The molecule has 4 rings (SSSR count). The minimum atomic E-state index is -3.26. The Kier molecular flexibility index (Phi) is 10.3. The summed E-state index contributed by atoms with van der Waals surface area (Å²) in [7, 11) is -3.26. The molecule has 0 spiro atoms. The van der Waals surface area contributed by atoms with Gasteiger partial charge in [0.2, 0.25) is 5.91 Å². The van der Waals surface area contributed by atoms with Gasteiger partial charge in [-0.15, -0.1) is 0 Å². The van der Waals surface area contributed by atoms with Gasteiger partial charge in [-0.05, 0) is 68.5 Å². The van der Waals surface area contributed by atoms with Gasteiger partial charge in [0.05, 0.1) is 17.4 Å².